The number of nitrogen functional groups attached to an aromatic ring is 1. The second kappa shape index (κ2) is 6.14. The van der Waals surface area contributed by atoms with Crippen molar-refractivity contribution in [2.75, 3.05) is 10.1 Å². The van der Waals surface area contributed by atoms with Gasteiger partial charge >= 0.3 is 0 Å². The van der Waals surface area contributed by atoms with E-state index in [4.69, 9.17) is 17.4 Å². The van der Waals surface area contributed by atoms with Crippen LogP contribution in [0.4, 0.5) is 15.9 Å². The van der Waals surface area contributed by atoms with Gasteiger partial charge in [-0.15, -0.1) is 0 Å². The van der Waals surface area contributed by atoms with E-state index in [0.29, 0.717) is 0 Å². The maximum Gasteiger partial charge on any atom is 0.263 e. The largest absolute Gasteiger partial charge is 0.307 e. The fraction of sp³-hybridized carbons (Fsp3) is 0. The van der Waals surface area contributed by atoms with Crippen molar-refractivity contribution in [1.29, 1.82) is 0 Å². The molecule has 0 aliphatic carbocycles. The Morgan fingerprint density at radius 1 is 1.33 bits per heavy atom. The van der Waals surface area contributed by atoms with Gasteiger partial charge in [-0.2, -0.15) is 0 Å². The van der Waals surface area contributed by atoms with Crippen molar-refractivity contribution in [2.45, 2.75) is 4.90 Å². The van der Waals surface area contributed by atoms with E-state index >= 15 is 0 Å². The lowest BCUT2D eigenvalue weighted by atomic mass is 10.3. The summed E-state index contributed by atoms with van der Waals surface area (Å²) in [5.41, 5.74) is 2.30. The zero-order valence-corrected chi connectivity index (χ0v) is 13.4. The maximum absolute atomic E-state index is 13.4. The van der Waals surface area contributed by atoms with Crippen LogP contribution in [0, 0.1) is 5.82 Å². The van der Waals surface area contributed by atoms with Gasteiger partial charge in [0.15, 0.2) is 5.82 Å². The molecule has 1 aromatic heterocycles. The lowest BCUT2D eigenvalue weighted by Gasteiger charge is -2.09. The molecule has 0 unspecified atom stereocenters. The SMILES string of the molecule is NNc1ncc(S(=O)(=O)Nc2ccc(Br)c(F)c2)cc1Cl. The zero-order chi connectivity index (χ0) is 15.6. The van der Waals surface area contributed by atoms with Crippen molar-refractivity contribution >= 4 is 49.1 Å². The Balaban J connectivity index is 2.33. The van der Waals surface area contributed by atoms with Crippen LogP contribution in [0.25, 0.3) is 0 Å². The van der Waals surface area contributed by atoms with Crippen molar-refractivity contribution in [1.82, 2.24) is 4.98 Å². The number of anilines is 2. The molecule has 0 spiro atoms. The third-order valence-electron chi connectivity index (χ3n) is 2.43. The molecule has 6 nitrogen and oxygen atoms in total. The molecule has 2 aromatic rings. The Hall–Kier alpha value is -1.42. The third-order valence-corrected chi connectivity index (χ3v) is 4.71. The van der Waals surface area contributed by atoms with Crippen molar-refractivity contribution in [3.05, 3.63) is 45.8 Å². The predicted molar refractivity (Wildman–Crippen MR) is 82.0 cm³/mol. The topological polar surface area (TPSA) is 97.1 Å². The first kappa shape index (κ1) is 16.0. The minimum absolute atomic E-state index is 0.0439. The van der Waals surface area contributed by atoms with Gasteiger partial charge in [0.1, 0.15) is 10.7 Å². The molecule has 0 amide bonds. The highest BCUT2D eigenvalue weighted by molar-refractivity contribution is 9.10. The molecule has 0 aliphatic rings. The first-order chi connectivity index (χ1) is 9.83. The van der Waals surface area contributed by atoms with Crippen molar-refractivity contribution < 1.29 is 12.8 Å². The predicted octanol–water partition coefficient (Wildman–Crippen LogP) is 2.72. The van der Waals surface area contributed by atoms with Gasteiger partial charge in [0.2, 0.25) is 0 Å². The molecule has 1 heterocycles. The molecule has 0 fully saturated rings. The summed E-state index contributed by atoms with van der Waals surface area (Å²) in [7, 11) is -3.94. The van der Waals surface area contributed by atoms with Crippen LogP contribution in [0.5, 0.6) is 0 Å². The van der Waals surface area contributed by atoms with Gasteiger partial charge < -0.3 is 5.43 Å². The minimum Gasteiger partial charge on any atom is -0.307 e. The van der Waals surface area contributed by atoms with Crippen molar-refractivity contribution in [3.63, 3.8) is 0 Å². The van der Waals surface area contributed by atoms with Crippen molar-refractivity contribution in [3.8, 4) is 0 Å². The fourth-order valence-corrected chi connectivity index (χ4v) is 3.00. The molecular formula is C11H9BrClFN4O2S. The van der Waals surface area contributed by atoms with E-state index in [0.717, 1.165) is 12.3 Å². The minimum atomic E-state index is -3.94. The highest BCUT2D eigenvalue weighted by Crippen LogP contribution is 2.25. The van der Waals surface area contributed by atoms with Crippen LogP contribution in [0.1, 0.15) is 0 Å². The third kappa shape index (κ3) is 3.62. The molecule has 0 saturated heterocycles. The lowest BCUT2D eigenvalue weighted by molar-refractivity contribution is 0.600. The summed E-state index contributed by atoms with van der Waals surface area (Å²) in [5, 5.41) is 0.0439. The van der Waals surface area contributed by atoms with E-state index in [1.165, 1.54) is 18.2 Å². The summed E-state index contributed by atoms with van der Waals surface area (Å²) in [5.74, 6) is 4.71. The number of nitrogens with zero attached hydrogens (tertiary/aromatic N) is 1. The average molecular weight is 396 g/mol. The van der Waals surface area contributed by atoms with Crippen LogP contribution in [-0.2, 0) is 10.0 Å². The summed E-state index contributed by atoms with van der Waals surface area (Å²) >= 11 is 8.80. The van der Waals surface area contributed by atoms with Gasteiger partial charge in [-0.25, -0.2) is 23.6 Å². The van der Waals surface area contributed by atoms with E-state index in [1.54, 1.807) is 0 Å². The fourth-order valence-electron chi connectivity index (χ4n) is 1.45. The molecular weight excluding hydrogens is 387 g/mol. The molecule has 0 atom stereocenters. The number of sulfonamides is 1. The summed E-state index contributed by atoms with van der Waals surface area (Å²) < 4.78 is 40.1. The molecule has 112 valence electrons. The number of nitrogens with one attached hydrogen (secondary N) is 2. The summed E-state index contributed by atoms with van der Waals surface area (Å²) in [6, 6.07) is 5.03. The molecule has 0 saturated carbocycles. The van der Waals surface area contributed by atoms with E-state index in [9.17, 15) is 12.8 Å². The quantitative estimate of drug-likeness (QED) is 0.546. The van der Waals surface area contributed by atoms with Crippen LogP contribution in [-0.4, -0.2) is 13.4 Å². The highest BCUT2D eigenvalue weighted by Gasteiger charge is 2.17. The van der Waals surface area contributed by atoms with Crippen LogP contribution in [0.3, 0.4) is 0 Å². The number of aromatic nitrogens is 1. The van der Waals surface area contributed by atoms with Gasteiger partial charge in [0.25, 0.3) is 10.0 Å². The van der Waals surface area contributed by atoms with Crippen LogP contribution < -0.4 is 16.0 Å². The number of benzene rings is 1. The molecule has 1 aromatic carbocycles. The van der Waals surface area contributed by atoms with E-state index in [-0.39, 0.29) is 25.9 Å². The monoisotopic (exact) mass is 394 g/mol. The average Bonchev–Trinajstić information content (AvgIpc) is 2.42. The Morgan fingerprint density at radius 3 is 2.62 bits per heavy atom. The van der Waals surface area contributed by atoms with Crippen LogP contribution in [0.15, 0.2) is 39.8 Å². The second-order valence-electron chi connectivity index (χ2n) is 3.88. The van der Waals surface area contributed by atoms with E-state index < -0.39 is 15.8 Å². The Kier molecular flexibility index (Phi) is 4.67. The summed E-state index contributed by atoms with van der Waals surface area (Å²) in [6.07, 6.45) is 1.08. The van der Waals surface area contributed by atoms with E-state index in [1.807, 2.05) is 0 Å². The number of rotatable bonds is 4. The maximum atomic E-state index is 13.4. The standard InChI is InChI=1S/C11H9BrClFN4O2S/c12-8-2-1-6(3-10(8)14)18-21(19,20)7-4-9(13)11(17-15)16-5-7/h1-5,18H,15H2,(H,16,17). The Bertz CT molecular complexity index is 788. The van der Waals surface area contributed by atoms with Gasteiger partial charge in [-0.3, -0.25) is 4.72 Å². The second-order valence-corrected chi connectivity index (χ2v) is 6.82. The first-order valence-corrected chi connectivity index (χ1v) is 8.09. The van der Waals surface area contributed by atoms with Gasteiger partial charge in [-0.1, -0.05) is 11.6 Å². The van der Waals surface area contributed by atoms with Crippen molar-refractivity contribution in [2.24, 2.45) is 5.84 Å². The number of halogens is 3. The zero-order valence-electron chi connectivity index (χ0n) is 10.3. The lowest BCUT2D eigenvalue weighted by Crippen LogP contribution is -2.15. The van der Waals surface area contributed by atoms with Crippen LogP contribution in [0.2, 0.25) is 5.02 Å². The Labute approximate surface area is 133 Å². The number of hydrogen-bond acceptors (Lipinski definition) is 5. The smallest absolute Gasteiger partial charge is 0.263 e. The number of nitrogens with two attached hydrogens (primary N) is 1. The molecule has 4 N–H and O–H groups in total. The molecule has 21 heavy (non-hydrogen) atoms. The van der Waals surface area contributed by atoms with Gasteiger partial charge in [0.05, 0.1) is 15.2 Å². The molecule has 0 aliphatic heterocycles. The molecule has 0 bridgehead atoms. The number of hydrogen-bond donors (Lipinski definition) is 3. The summed E-state index contributed by atoms with van der Waals surface area (Å²) in [4.78, 5) is 3.60. The molecule has 0 radical (unpaired) electrons. The van der Waals surface area contributed by atoms with Crippen LogP contribution >= 0.6 is 27.5 Å². The van der Waals surface area contributed by atoms with Gasteiger partial charge in [-0.05, 0) is 40.2 Å². The number of hydrazine groups is 1. The number of pyridine rings is 1. The highest BCUT2D eigenvalue weighted by atomic mass is 79.9. The van der Waals surface area contributed by atoms with E-state index in [2.05, 4.69) is 31.1 Å². The normalized spacial score (nSPS) is 11.2. The van der Waals surface area contributed by atoms with Gasteiger partial charge in [0, 0.05) is 6.20 Å². The molecule has 10 heteroatoms. The Morgan fingerprint density at radius 2 is 2.05 bits per heavy atom. The molecule has 2 rings (SSSR count). The first-order valence-electron chi connectivity index (χ1n) is 5.43. The summed E-state index contributed by atoms with van der Waals surface area (Å²) in [6.45, 7) is 0.